The van der Waals surface area contributed by atoms with Crippen LogP contribution in [0.15, 0.2) is 18.2 Å². The number of carboxylic acid groups (broad SMARTS) is 1. The molecule has 7 nitrogen and oxygen atoms in total. The van der Waals surface area contributed by atoms with E-state index in [0.717, 1.165) is 49.5 Å². The first kappa shape index (κ1) is 26.0. The SMILES string of the molecule is CCCCCCCCOc1ccc(-c2nnc(C(N)(CO)CC(=O)O)s2)cc1C(F)(F)F. The van der Waals surface area contributed by atoms with Crippen LogP contribution in [0, 0.1) is 0 Å². The summed E-state index contributed by atoms with van der Waals surface area (Å²) in [5.74, 6) is -1.50. The Kier molecular flexibility index (Phi) is 9.41. The van der Waals surface area contributed by atoms with Crippen molar-refractivity contribution in [2.75, 3.05) is 13.2 Å². The van der Waals surface area contributed by atoms with Crippen LogP contribution in [0.1, 0.15) is 62.4 Å². The van der Waals surface area contributed by atoms with E-state index >= 15 is 0 Å². The van der Waals surface area contributed by atoms with Gasteiger partial charge in [-0.15, -0.1) is 10.2 Å². The summed E-state index contributed by atoms with van der Waals surface area (Å²) in [7, 11) is 0. The molecule has 11 heteroatoms. The van der Waals surface area contributed by atoms with E-state index in [2.05, 4.69) is 17.1 Å². The number of halogens is 3. The molecule has 0 spiro atoms. The van der Waals surface area contributed by atoms with E-state index in [9.17, 15) is 23.1 Å². The number of nitrogens with two attached hydrogens (primary N) is 1. The van der Waals surface area contributed by atoms with Crippen LogP contribution in [0.4, 0.5) is 13.2 Å². The third kappa shape index (κ3) is 7.14. The highest BCUT2D eigenvalue weighted by atomic mass is 32.1. The van der Waals surface area contributed by atoms with Gasteiger partial charge in [0.05, 0.1) is 25.2 Å². The maximum Gasteiger partial charge on any atom is 0.419 e. The normalized spacial score (nSPS) is 13.7. The topological polar surface area (TPSA) is 119 Å². The van der Waals surface area contributed by atoms with Crippen molar-refractivity contribution in [3.8, 4) is 16.3 Å². The van der Waals surface area contributed by atoms with E-state index in [-0.39, 0.29) is 27.9 Å². The van der Waals surface area contributed by atoms with Crippen molar-refractivity contribution in [2.45, 2.75) is 63.6 Å². The lowest BCUT2D eigenvalue weighted by atomic mass is 9.99. The van der Waals surface area contributed by atoms with Crippen molar-refractivity contribution >= 4 is 17.3 Å². The van der Waals surface area contributed by atoms with Gasteiger partial charge < -0.3 is 20.7 Å². The largest absolute Gasteiger partial charge is 0.493 e. The van der Waals surface area contributed by atoms with E-state index in [1.807, 2.05) is 0 Å². The first-order valence-corrected chi connectivity index (χ1v) is 11.2. The molecule has 0 bridgehead atoms. The van der Waals surface area contributed by atoms with Crippen LogP contribution >= 0.6 is 11.3 Å². The number of hydrogen-bond acceptors (Lipinski definition) is 7. The standard InChI is InChI=1S/C21H28F3N3O4S/c1-2-3-4-5-6-7-10-31-16-9-8-14(11-15(16)21(22,23)24)18-26-27-19(32-18)20(25,13-28)12-17(29)30/h8-9,11,28H,2-7,10,12-13,25H2,1H3,(H,29,30). The molecule has 0 saturated carbocycles. The predicted molar refractivity (Wildman–Crippen MR) is 114 cm³/mol. The van der Waals surface area contributed by atoms with Crippen molar-refractivity contribution in [1.29, 1.82) is 0 Å². The molecule has 178 valence electrons. The monoisotopic (exact) mass is 475 g/mol. The number of ether oxygens (including phenoxy) is 1. The van der Waals surface area contributed by atoms with Crippen molar-refractivity contribution in [3.63, 3.8) is 0 Å². The zero-order valence-corrected chi connectivity index (χ0v) is 18.6. The number of aliphatic hydroxyl groups is 1. The van der Waals surface area contributed by atoms with E-state index in [1.54, 1.807) is 0 Å². The van der Waals surface area contributed by atoms with E-state index in [4.69, 9.17) is 15.6 Å². The second-order valence-corrected chi connectivity index (χ2v) is 8.60. The lowest BCUT2D eigenvalue weighted by molar-refractivity contribution is -0.139. The van der Waals surface area contributed by atoms with Crippen LogP contribution in [-0.2, 0) is 16.5 Å². The lowest BCUT2D eigenvalue weighted by Gasteiger charge is -2.21. The summed E-state index contributed by atoms with van der Waals surface area (Å²) in [4.78, 5) is 11.0. The Bertz CT molecular complexity index is 891. The fourth-order valence-electron chi connectivity index (χ4n) is 3.09. The van der Waals surface area contributed by atoms with Crippen LogP contribution in [0.25, 0.3) is 10.6 Å². The van der Waals surface area contributed by atoms with Crippen molar-refractivity contribution in [3.05, 3.63) is 28.8 Å². The van der Waals surface area contributed by atoms with Crippen LogP contribution < -0.4 is 10.5 Å². The number of alkyl halides is 3. The summed E-state index contributed by atoms with van der Waals surface area (Å²) in [6.07, 6.45) is 0.743. The molecule has 0 saturated heterocycles. The number of nitrogens with zero attached hydrogens (tertiary/aromatic N) is 2. The van der Waals surface area contributed by atoms with Gasteiger partial charge in [0, 0.05) is 5.56 Å². The Labute approximate surface area is 188 Å². The molecular formula is C21H28F3N3O4S. The van der Waals surface area contributed by atoms with Crippen molar-refractivity contribution in [2.24, 2.45) is 5.73 Å². The molecule has 2 aromatic rings. The van der Waals surface area contributed by atoms with E-state index in [1.165, 1.54) is 12.1 Å². The minimum atomic E-state index is -4.63. The van der Waals surface area contributed by atoms with Gasteiger partial charge in [-0.2, -0.15) is 13.2 Å². The molecule has 32 heavy (non-hydrogen) atoms. The van der Waals surface area contributed by atoms with Gasteiger partial charge in [0.2, 0.25) is 0 Å². The van der Waals surface area contributed by atoms with E-state index < -0.39 is 36.3 Å². The number of benzene rings is 1. The Hall–Kier alpha value is -2.24. The van der Waals surface area contributed by atoms with Gasteiger partial charge in [-0.05, 0) is 24.6 Å². The quantitative estimate of drug-likeness (QED) is 0.363. The van der Waals surface area contributed by atoms with Gasteiger partial charge in [-0.1, -0.05) is 50.4 Å². The molecule has 0 radical (unpaired) electrons. The molecule has 1 aromatic carbocycles. The molecule has 0 aliphatic heterocycles. The van der Waals surface area contributed by atoms with Gasteiger partial charge in [-0.25, -0.2) is 0 Å². The Morgan fingerprint density at radius 2 is 1.84 bits per heavy atom. The molecule has 0 amide bonds. The number of aliphatic carboxylic acids is 1. The highest BCUT2D eigenvalue weighted by Crippen LogP contribution is 2.40. The molecule has 1 unspecified atom stereocenters. The number of aliphatic hydroxyl groups excluding tert-OH is 1. The third-order valence-electron chi connectivity index (χ3n) is 4.89. The molecule has 4 N–H and O–H groups in total. The molecule has 2 rings (SSSR count). The summed E-state index contributed by atoms with van der Waals surface area (Å²) < 4.78 is 46.3. The zero-order valence-electron chi connectivity index (χ0n) is 17.8. The van der Waals surface area contributed by atoms with Crippen molar-refractivity contribution in [1.82, 2.24) is 10.2 Å². The fourth-order valence-corrected chi connectivity index (χ4v) is 4.02. The zero-order chi connectivity index (χ0) is 23.8. The molecule has 0 aliphatic rings. The van der Waals surface area contributed by atoms with Gasteiger partial charge >= 0.3 is 12.1 Å². The summed E-state index contributed by atoms with van der Waals surface area (Å²) in [6.45, 7) is 1.61. The van der Waals surface area contributed by atoms with E-state index in [0.29, 0.717) is 6.42 Å². The molecule has 0 aliphatic carbocycles. The number of aromatic nitrogens is 2. The third-order valence-corrected chi connectivity index (χ3v) is 6.08. The maximum atomic E-state index is 13.6. The molecular weight excluding hydrogens is 447 g/mol. The highest BCUT2D eigenvalue weighted by molar-refractivity contribution is 7.14. The highest BCUT2D eigenvalue weighted by Gasteiger charge is 2.36. The van der Waals surface area contributed by atoms with Crippen LogP contribution in [0.2, 0.25) is 0 Å². The van der Waals surface area contributed by atoms with Gasteiger partial charge in [0.1, 0.15) is 21.3 Å². The van der Waals surface area contributed by atoms with Crippen LogP contribution in [-0.4, -0.2) is 39.6 Å². The fraction of sp³-hybridized carbons (Fsp3) is 0.571. The number of hydrogen-bond donors (Lipinski definition) is 3. The second kappa shape index (κ2) is 11.6. The molecule has 1 atom stereocenters. The summed E-state index contributed by atoms with van der Waals surface area (Å²) in [5, 5.41) is 26.3. The van der Waals surface area contributed by atoms with Crippen molar-refractivity contribution < 1.29 is 32.9 Å². The summed E-state index contributed by atoms with van der Waals surface area (Å²) in [6, 6.07) is 3.61. The minimum absolute atomic E-state index is 0.0226. The molecule has 1 heterocycles. The van der Waals surface area contributed by atoms with Crippen LogP contribution in [0.5, 0.6) is 5.75 Å². The molecule has 1 aromatic heterocycles. The smallest absolute Gasteiger partial charge is 0.419 e. The molecule has 0 fully saturated rings. The minimum Gasteiger partial charge on any atom is -0.493 e. The Balaban J connectivity index is 2.17. The Morgan fingerprint density at radius 3 is 2.47 bits per heavy atom. The first-order valence-electron chi connectivity index (χ1n) is 10.4. The van der Waals surface area contributed by atoms with Gasteiger partial charge in [-0.3, -0.25) is 4.79 Å². The number of carbonyl (C=O) groups is 1. The number of rotatable bonds is 13. The predicted octanol–water partition coefficient (Wildman–Crippen LogP) is 4.58. The summed E-state index contributed by atoms with van der Waals surface area (Å²) >= 11 is 0.837. The number of unbranched alkanes of at least 4 members (excludes halogenated alkanes) is 5. The lowest BCUT2D eigenvalue weighted by Crippen LogP contribution is -2.42. The van der Waals surface area contributed by atoms with Gasteiger partial charge in [0.15, 0.2) is 0 Å². The maximum absolute atomic E-state index is 13.6. The van der Waals surface area contributed by atoms with Gasteiger partial charge in [0.25, 0.3) is 0 Å². The average Bonchev–Trinajstić information content (AvgIpc) is 3.23. The number of carboxylic acids is 1. The Morgan fingerprint density at radius 1 is 1.16 bits per heavy atom. The second-order valence-electron chi connectivity index (χ2n) is 7.62. The van der Waals surface area contributed by atoms with Crippen LogP contribution in [0.3, 0.4) is 0 Å². The first-order chi connectivity index (χ1) is 15.1. The summed E-state index contributed by atoms with van der Waals surface area (Å²) in [5.41, 5.74) is 3.46. The average molecular weight is 476 g/mol.